The predicted octanol–water partition coefficient (Wildman–Crippen LogP) is 3.58. The number of thiocyanates is 1. The zero-order valence-corrected chi connectivity index (χ0v) is 13.1. The van der Waals surface area contributed by atoms with Crippen molar-refractivity contribution in [3.05, 3.63) is 24.3 Å². The maximum Gasteiger partial charge on any atom is 0.268 e. The summed E-state index contributed by atoms with van der Waals surface area (Å²) >= 11 is 1.16. The van der Waals surface area contributed by atoms with Gasteiger partial charge in [0.2, 0.25) is 0 Å². The van der Waals surface area contributed by atoms with Crippen LogP contribution in [0.4, 0.5) is 5.69 Å². The number of unbranched alkanes of at least 4 members (excludes halogenated alkanes) is 2. The second-order valence-electron chi connectivity index (χ2n) is 5.00. The lowest BCUT2D eigenvalue weighted by Crippen LogP contribution is -2.46. The average molecular weight is 304 g/mol. The third-order valence-corrected chi connectivity index (χ3v) is 4.07. The van der Waals surface area contributed by atoms with E-state index in [1.807, 2.05) is 34.6 Å². The Morgan fingerprint density at radius 2 is 2.19 bits per heavy atom. The van der Waals surface area contributed by atoms with Crippen LogP contribution in [0.15, 0.2) is 24.3 Å². The molecule has 0 saturated heterocycles. The van der Waals surface area contributed by atoms with E-state index in [0.717, 1.165) is 49.0 Å². The van der Waals surface area contributed by atoms with Crippen molar-refractivity contribution in [2.75, 3.05) is 17.2 Å². The van der Waals surface area contributed by atoms with Crippen molar-refractivity contribution < 1.29 is 9.53 Å². The molecule has 5 heteroatoms. The average Bonchev–Trinajstić information content (AvgIpc) is 2.50. The van der Waals surface area contributed by atoms with Gasteiger partial charge in [0.15, 0.2) is 6.10 Å². The summed E-state index contributed by atoms with van der Waals surface area (Å²) in [7, 11) is 0. The summed E-state index contributed by atoms with van der Waals surface area (Å²) in [6.07, 6.45) is 3.33. The summed E-state index contributed by atoms with van der Waals surface area (Å²) in [5.74, 6) is 1.39. The Hall–Kier alpha value is -1.67. The minimum Gasteiger partial charge on any atom is -0.478 e. The van der Waals surface area contributed by atoms with Gasteiger partial charge < -0.3 is 9.64 Å². The number of nitrogens with zero attached hydrogens (tertiary/aromatic N) is 2. The third-order valence-electron chi connectivity index (χ3n) is 3.50. The molecule has 1 unspecified atom stereocenters. The number of benzene rings is 1. The van der Waals surface area contributed by atoms with Crippen LogP contribution in [0.3, 0.4) is 0 Å². The molecule has 4 nitrogen and oxygen atoms in total. The molecule has 0 N–H and O–H groups in total. The number of hydrogen-bond acceptors (Lipinski definition) is 4. The fraction of sp³-hybridized carbons (Fsp3) is 0.500. The molecule has 0 radical (unpaired) electrons. The number of hydrogen-bond donors (Lipinski definition) is 0. The largest absolute Gasteiger partial charge is 0.478 e. The van der Waals surface area contributed by atoms with Crippen LogP contribution >= 0.6 is 11.8 Å². The first-order valence-corrected chi connectivity index (χ1v) is 8.34. The van der Waals surface area contributed by atoms with Gasteiger partial charge in [-0.05, 0) is 30.3 Å². The number of fused-ring (bicyclic) bond motifs is 1. The van der Waals surface area contributed by atoms with Crippen molar-refractivity contribution in [1.82, 2.24) is 0 Å². The second kappa shape index (κ2) is 7.94. The number of anilines is 1. The molecule has 1 amide bonds. The van der Waals surface area contributed by atoms with Gasteiger partial charge in [0, 0.05) is 18.7 Å². The summed E-state index contributed by atoms with van der Waals surface area (Å²) in [6, 6.07) is 7.67. The molecule has 0 bridgehead atoms. The molecule has 0 saturated carbocycles. The molecule has 0 aromatic heterocycles. The number of nitriles is 1. The Morgan fingerprint density at radius 1 is 1.38 bits per heavy atom. The Balaban J connectivity index is 2.12. The van der Waals surface area contributed by atoms with E-state index in [1.54, 1.807) is 0 Å². The molecule has 1 aromatic carbocycles. The van der Waals surface area contributed by atoms with E-state index >= 15 is 0 Å². The first-order valence-electron chi connectivity index (χ1n) is 7.36. The second-order valence-corrected chi connectivity index (χ2v) is 5.88. The zero-order valence-electron chi connectivity index (χ0n) is 12.2. The zero-order chi connectivity index (χ0) is 15.1. The number of rotatable bonds is 7. The molecule has 0 fully saturated rings. The summed E-state index contributed by atoms with van der Waals surface area (Å²) < 4.78 is 5.81. The number of thioether (sulfide) groups is 1. The molecule has 2 rings (SSSR count). The highest BCUT2D eigenvalue weighted by molar-refractivity contribution is 8.03. The highest BCUT2D eigenvalue weighted by atomic mass is 32.2. The molecule has 1 atom stereocenters. The van der Waals surface area contributed by atoms with Crippen LogP contribution in [0.2, 0.25) is 0 Å². The molecular formula is C16H20N2O2S. The van der Waals surface area contributed by atoms with Crippen LogP contribution in [0.5, 0.6) is 5.75 Å². The minimum absolute atomic E-state index is 0.0170. The van der Waals surface area contributed by atoms with Gasteiger partial charge in [-0.3, -0.25) is 4.79 Å². The molecule has 1 aromatic rings. The Morgan fingerprint density at radius 3 is 2.95 bits per heavy atom. The standard InChI is InChI=1S/C16H20N2O2S/c1-2-3-6-10-18-13-7-4-5-8-14(13)20-15(16(18)19)9-11-21-12-17/h4-5,7-8,15H,2-3,6,9-11H2,1H3. The van der Waals surface area contributed by atoms with Gasteiger partial charge in [0.25, 0.3) is 5.91 Å². The Bertz CT molecular complexity index is 527. The molecule has 112 valence electrons. The number of carbonyl (C=O) groups is 1. The fourth-order valence-corrected chi connectivity index (χ4v) is 2.84. The number of amides is 1. The summed E-state index contributed by atoms with van der Waals surface area (Å²) in [4.78, 5) is 14.4. The quantitative estimate of drug-likeness (QED) is 0.571. The van der Waals surface area contributed by atoms with E-state index in [0.29, 0.717) is 12.2 Å². The SMILES string of the molecule is CCCCCN1C(=O)C(CCSC#N)Oc2ccccc21. The molecule has 1 aliphatic heterocycles. The van der Waals surface area contributed by atoms with Crippen LogP contribution < -0.4 is 9.64 Å². The van der Waals surface area contributed by atoms with Crippen molar-refractivity contribution >= 4 is 23.4 Å². The smallest absolute Gasteiger partial charge is 0.268 e. The van der Waals surface area contributed by atoms with E-state index in [9.17, 15) is 4.79 Å². The number of ether oxygens (including phenoxy) is 1. The monoisotopic (exact) mass is 304 g/mol. The van der Waals surface area contributed by atoms with Crippen LogP contribution in [0, 0.1) is 10.7 Å². The van der Waals surface area contributed by atoms with E-state index in [1.165, 1.54) is 0 Å². The predicted molar refractivity (Wildman–Crippen MR) is 85.4 cm³/mol. The van der Waals surface area contributed by atoms with Gasteiger partial charge in [-0.2, -0.15) is 5.26 Å². The van der Waals surface area contributed by atoms with Crippen LogP contribution in [0.1, 0.15) is 32.6 Å². The van der Waals surface area contributed by atoms with Gasteiger partial charge in [-0.15, -0.1) is 0 Å². The molecule has 1 aliphatic rings. The normalized spacial score (nSPS) is 17.0. The number of carbonyl (C=O) groups excluding carboxylic acids is 1. The maximum atomic E-state index is 12.6. The van der Waals surface area contributed by atoms with E-state index in [-0.39, 0.29) is 5.91 Å². The topological polar surface area (TPSA) is 53.3 Å². The molecule has 1 heterocycles. The number of para-hydroxylation sites is 2. The summed E-state index contributed by atoms with van der Waals surface area (Å²) in [5, 5.41) is 10.6. The maximum absolute atomic E-state index is 12.6. The summed E-state index contributed by atoms with van der Waals surface area (Å²) in [5.41, 5.74) is 0.864. The molecule has 0 spiro atoms. The highest BCUT2D eigenvalue weighted by Gasteiger charge is 2.33. The first-order chi connectivity index (χ1) is 10.3. The van der Waals surface area contributed by atoms with Gasteiger partial charge >= 0.3 is 0 Å². The van der Waals surface area contributed by atoms with Crippen molar-refractivity contribution in [2.24, 2.45) is 0 Å². The third kappa shape index (κ3) is 3.92. The molecular weight excluding hydrogens is 284 g/mol. The van der Waals surface area contributed by atoms with Crippen LogP contribution in [-0.4, -0.2) is 24.3 Å². The van der Waals surface area contributed by atoms with Crippen LogP contribution in [0.25, 0.3) is 0 Å². The van der Waals surface area contributed by atoms with Gasteiger partial charge in [-0.1, -0.05) is 31.9 Å². The molecule has 0 aliphatic carbocycles. The minimum atomic E-state index is -0.470. The highest BCUT2D eigenvalue weighted by Crippen LogP contribution is 2.34. The van der Waals surface area contributed by atoms with Gasteiger partial charge in [0.1, 0.15) is 11.2 Å². The Kier molecular flexibility index (Phi) is 5.94. The van der Waals surface area contributed by atoms with E-state index in [4.69, 9.17) is 10.00 Å². The van der Waals surface area contributed by atoms with Gasteiger partial charge in [0.05, 0.1) is 5.69 Å². The lowest BCUT2D eigenvalue weighted by atomic mass is 10.1. The lowest BCUT2D eigenvalue weighted by molar-refractivity contribution is -0.126. The summed E-state index contributed by atoms with van der Waals surface area (Å²) in [6.45, 7) is 2.88. The van der Waals surface area contributed by atoms with Crippen molar-refractivity contribution in [1.29, 1.82) is 5.26 Å². The van der Waals surface area contributed by atoms with Crippen molar-refractivity contribution in [2.45, 2.75) is 38.7 Å². The van der Waals surface area contributed by atoms with Gasteiger partial charge in [-0.25, -0.2) is 0 Å². The Labute approximate surface area is 130 Å². The lowest BCUT2D eigenvalue weighted by Gasteiger charge is -2.34. The van der Waals surface area contributed by atoms with E-state index < -0.39 is 6.10 Å². The molecule has 21 heavy (non-hydrogen) atoms. The van der Waals surface area contributed by atoms with E-state index in [2.05, 4.69) is 6.92 Å². The fourth-order valence-electron chi connectivity index (χ4n) is 2.42. The van der Waals surface area contributed by atoms with Crippen LogP contribution in [-0.2, 0) is 4.79 Å². The van der Waals surface area contributed by atoms with Crippen molar-refractivity contribution in [3.63, 3.8) is 0 Å². The van der Waals surface area contributed by atoms with Crippen molar-refractivity contribution in [3.8, 4) is 11.2 Å². The first kappa shape index (κ1) is 15.7.